The number of carboxylic acids is 1. The number of para-hydroxylation sites is 1. The van der Waals surface area contributed by atoms with E-state index in [-0.39, 0.29) is 11.6 Å². The molecule has 2 rings (SSSR count). The van der Waals surface area contributed by atoms with E-state index in [0.717, 1.165) is 0 Å². The molecule has 0 aliphatic carbocycles. The number of aliphatic carboxylic acids is 1. The van der Waals surface area contributed by atoms with Crippen LogP contribution < -0.4 is 4.90 Å². The van der Waals surface area contributed by atoms with Gasteiger partial charge in [-0.25, -0.2) is 4.39 Å². The first kappa shape index (κ1) is 14.5. The molecule has 0 radical (unpaired) electrons. The largest absolute Gasteiger partial charge is 0.480 e. The van der Waals surface area contributed by atoms with E-state index < -0.39 is 23.9 Å². The molecule has 6 heteroatoms. The molecule has 1 aliphatic heterocycles. The molecule has 1 N–H and O–H groups in total. The SMILES string of the molecule is C[C@H](C(=O)O)N(C)[C@H]1CCN(c2ccccc2F)C1=O. The summed E-state index contributed by atoms with van der Waals surface area (Å²) in [5, 5.41) is 9.00. The van der Waals surface area contributed by atoms with Gasteiger partial charge in [0.25, 0.3) is 0 Å². The van der Waals surface area contributed by atoms with Crippen LogP contribution in [0.5, 0.6) is 0 Å². The molecule has 1 saturated heterocycles. The third kappa shape index (κ3) is 2.51. The average molecular weight is 280 g/mol. The molecule has 0 saturated carbocycles. The summed E-state index contributed by atoms with van der Waals surface area (Å²) in [6.07, 6.45) is 0.487. The number of amides is 1. The van der Waals surface area contributed by atoms with E-state index in [1.807, 2.05) is 0 Å². The number of halogens is 1. The van der Waals surface area contributed by atoms with Gasteiger partial charge in [-0.1, -0.05) is 12.1 Å². The van der Waals surface area contributed by atoms with Gasteiger partial charge in [0.2, 0.25) is 5.91 Å². The highest BCUT2D eigenvalue weighted by atomic mass is 19.1. The van der Waals surface area contributed by atoms with Gasteiger partial charge >= 0.3 is 5.97 Å². The van der Waals surface area contributed by atoms with Crippen molar-refractivity contribution < 1.29 is 19.1 Å². The van der Waals surface area contributed by atoms with E-state index in [4.69, 9.17) is 5.11 Å². The maximum atomic E-state index is 13.7. The van der Waals surface area contributed by atoms with Gasteiger partial charge in [0.05, 0.1) is 11.7 Å². The first-order chi connectivity index (χ1) is 9.43. The molecular formula is C14H17FN2O3. The van der Waals surface area contributed by atoms with Crippen molar-refractivity contribution in [2.24, 2.45) is 0 Å². The molecule has 1 aliphatic rings. The number of rotatable bonds is 4. The van der Waals surface area contributed by atoms with Crippen LogP contribution in [0.25, 0.3) is 0 Å². The van der Waals surface area contributed by atoms with Gasteiger partial charge in [0, 0.05) is 6.54 Å². The fourth-order valence-corrected chi connectivity index (χ4v) is 2.40. The summed E-state index contributed by atoms with van der Waals surface area (Å²) in [4.78, 5) is 26.2. The summed E-state index contributed by atoms with van der Waals surface area (Å²) < 4.78 is 13.7. The Hall–Kier alpha value is -1.95. The quantitative estimate of drug-likeness (QED) is 0.904. The van der Waals surface area contributed by atoms with Crippen molar-refractivity contribution in [2.75, 3.05) is 18.5 Å². The maximum Gasteiger partial charge on any atom is 0.320 e. The van der Waals surface area contributed by atoms with Crippen LogP contribution in [0.2, 0.25) is 0 Å². The number of hydrogen-bond acceptors (Lipinski definition) is 3. The predicted molar refractivity (Wildman–Crippen MR) is 72.0 cm³/mol. The van der Waals surface area contributed by atoms with Crippen LogP contribution >= 0.6 is 0 Å². The van der Waals surface area contributed by atoms with E-state index >= 15 is 0 Å². The molecule has 1 fully saturated rings. The summed E-state index contributed by atoms with van der Waals surface area (Å²) in [5.74, 6) is -1.69. The zero-order valence-electron chi connectivity index (χ0n) is 11.4. The number of likely N-dealkylation sites (N-methyl/N-ethyl adjacent to an activating group) is 1. The molecule has 0 bridgehead atoms. The first-order valence-electron chi connectivity index (χ1n) is 6.44. The molecule has 2 atom stereocenters. The Labute approximate surface area is 116 Å². The molecule has 1 aromatic rings. The zero-order valence-corrected chi connectivity index (χ0v) is 11.4. The van der Waals surface area contributed by atoms with Gasteiger partial charge in [-0.2, -0.15) is 0 Å². The number of anilines is 1. The van der Waals surface area contributed by atoms with Crippen molar-refractivity contribution in [3.05, 3.63) is 30.1 Å². The standard InChI is InChI=1S/C14H17FN2O3/c1-9(14(19)20)16(2)12-7-8-17(13(12)18)11-6-4-3-5-10(11)15/h3-6,9,12H,7-8H2,1-2H3,(H,19,20)/t9-,12+/m1/s1. The maximum absolute atomic E-state index is 13.7. The van der Waals surface area contributed by atoms with Crippen LogP contribution in [0.1, 0.15) is 13.3 Å². The van der Waals surface area contributed by atoms with Gasteiger partial charge < -0.3 is 10.0 Å². The summed E-state index contributed by atoms with van der Waals surface area (Å²) in [5.41, 5.74) is 0.247. The molecule has 0 unspecified atom stereocenters. The Bertz CT molecular complexity index is 535. The van der Waals surface area contributed by atoms with Crippen LogP contribution in [-0.2, 0) is 9.59 Å². The van der Waals surface area contributed by atoms with E-state index in [1.54, 1.807) is 25.2 Å². The predicted octanol–water partition coefficient (Wildman–Crippen LogP) is 1.34. The highest BCUT2D eigenvalue weighted by Gasteiger charge is 2.38. The molecule has 5 nitrogen and oxygen atoms in total. The van der Waals surface area contributed by atoms with Crippen molar-refractivity contribution in [1.29, 1.82) is 0 Å². The van der Waals surface area contributed by atoms with Crippen molar-refractivity contribution in [1.82, 2.24) is 4.90 Å². The van der Waals surface area contributed by atoms with Crippen LogP contribution in [-0.4, -0.2) is 47.6 Å². The lowest BCUT2D eigenvalue weighted by atomic mass is 10.1. The van der Waals surface area contributed by atoms with E-state index in [2.05, 4.69) is 0 Å². The van der Waals surface area contributed by atoms with Gasteiger partial charge in [0.15, 0.2) is 0 Å². The number of benzene rings is 1. The van der Waals surface area contributed by atoms with Crippen LogP contribution in [0, 0.1) is 5.82 Å². The second-order valence-electron chi connectivity index (χ2n) is 4.93. The smallest absolute Gasteiger partial charge is 0.320 e. The summed E-state index contributed by atoms with van der Waals surface area (Å²) in [6.45, 7) is 1.92. The second kappa shape index (κ2) is 5.58. The normalized spacial score (nSPS) is 20.5. The lowest BCUT2D eigenvalue weighted by molar-refractivity contribution is -0.143. The highest BCUT2D eigenvalue weighted by molar-refractivity contribution is 5.99. The van der Waals surface area contributed by atoms with E-state index in [1.165, 1.54) is 22.8 Å². The topological polar surface area (TPSA) is 60.9 Å². The minimum Gasteiger partial charge on any atom is -0.480 e. The monoisotopic (exact) mass is 280 g/mol. The Balaban J connectivity index is 2.18. The molecular weight excluding hydrogens is 263 g/mol. The second-order valence-corrected chi connectivity index (χ2v) is 4.93. The van der Waals surface area contributed by atoms with Crippen molar-refractivity contribution >= 4 is 17.6 Å². The average Bonchev–Trinajstić information content (AvgIpc) is 2.79. The lowest BCUT2D eigenvalue weighted by Gasteiger charge is -2.27. The lowest BCUT2D eigenvalue weighted by Crippen LogP contribution is -2.47. The zero-order chi connectivity index (χ0) is 14.9. The number of nitrogens with zero attached hydrogens (tertiary/aromatic N) is 2. The Morgan fingerprint density at radius 3 is 2.75 bits per heavy atom. The fourth-order valence-electron chi connectivity index (χ4n) is 2.40. The van der Waals surface area contributed by atoms with E-state index in [9.17, 15) is 14.0 Å². The first-order valence-corrected chi connectivity index (χ1v) is 6.44. The third-order valence-electron chi connectivity index (χ3n) is 3.78. The summed E-state index contributed by atoms with van der Waals surface area (Å²) in [7, 11) is 1.60. The van der Waals surface area contributed by atoms with Gasteiger partial charge in [0.1, 0.15) is 11.9 Å². The minimum absolute atomic E-state index is 0.247. The third-order valence-corrected chi connectivity index (χ3v) is 3.78. The van der Waals surface area contributed by atoms with Crippen LogP contribution in [0.4, 0.5) is 10.1 Å². The highest BCUT2D eigenvalue weighted by Crippen LogP contribution is 2.26. The Kier molecular flexibility index (Phi) is 4.04. The van der Waals surface area contributed by atoms with Gasteiger partial charge in [-0.05, 0) is 32.5 Å². The Morgan fingerprint density at radius 1 is 1.50 bits per heavy atom. The molecule has 0 spiro atoms. The number of carboxylic acid groups (broad SMARTS) is 1. The van der Waals surface area contributed by atoms with Gasteiger partial charge in [-0.3, -0.25) is 14.5 Å². The van der Waals surface area contributed by atoms with Crippen LogP contribution in [0.15, 0.2) is 24.3 Å². The molecule has 108 valence electrons. The van der Waals surface area contributed by atoms with Crippen molar-refractivity contribution in [3.63, 3.8) is 0 Å². The van der Waals surface area contributed by atoms with E-state index in [0.29, 0.717) is 13.0 Å². The minimum atomic E-state index is -0.982. The van der Waals surface area contributed by atoms with Crippen molar-refractivity contribution in [3.8, 4) is 0 Å². The van der Waals surface area contributed by atoms with Crippen LogP contribution in [0.3, 0.4) is 0 Å². The molecule has 20 heavy (non-hydrogen) atoms. The van der Waals surface area contributed by atoms with Crippen molar-refractivity contribution in [2.45, 2.75) is 25.4 Å². The fraction of sp³-hybridized carbons (Fsp3) is 0.429. The summed E-state index contributed by atoms with van der Waals surface area (Å²) >= 11 is 0. The molecule has 1 aromatic carbocycles. The summed E-state index contributed by atoms with van der Waals surface area (Å²) in [6, 6.07) is 4.80. The molecule has 1 heterocycles. The number of carbonyl (C=O) groups is 2. The molecule has 1 amide bonds. The number of hydrogen-bond donors (Lipinski definition) is 1. The Morgan fingerprint density at radius 2 is 2.15 bits per heavy atom. The van der Waals surface area contributed by atoms with Gasteiger partial charge in [-0.15, -0.1) is 0 Å². The molecule has 0 aromatic heterocycles. The number of carbonyl (C=O) groups excluding carboxylic acids is 1.